The highest BCUT2D eigenvalue weighted by molar-refractivity contribution is 5.97. The van der Waals surface area contributed by atoms with Crippen LogP contribution in [0.4, 0.5) is 23.4 Å². The number of hydrogen-bond donors (Lipinski definition) is 2. The van der Waals surface area contributed by atoms with E-state index < -0.39 is 23.3 Å². The van der Waals surface area contributed by atoms with Crippen LogP contribution in [0.2, 0.25) is 0 Å². The molecule has 2 atom stereocenters. The summed E-state index contributed by atoms with van der Waals surface area (Å²) in [6.45, 7) is 2.23. The summed E-state index contributed by atoms with van der Waals surface area (Å²) >= 11 is 0. The summed E-state index contributed by atoms with van der Waals surface area (Å²) in [5, 5.41) is 4.19. The van der Waals surface area contributed by atoms with Crippen molar-refractivity contribution in [2.75, 3.05) is 5.32 Å². The maximum absolute atomic E-state index is 14.2. The molecule has 3 fully saturated rings. The van der Waals surface area contributed by atoms with Crippen molar-refractivity contribution in [1.82, 2.24) is 15.0 Å². The highest BCUT2D eigenvalue weighted by Gasteiger charge is 2.41. The van der Waals surface area contributed by atoms with Gasteiger partial charge in [-0.25, -0.2) is 27.5 Å². The third kappa shape index (κ3) is 3.26. The summed E-state index contributed by atoms with van der Waals surface area (Å²) in [7, 11) is 0. The van der Waals surface area contributed by atoms with Crippen LogP contribution in [0, 0.1) is 41.0 Å². The number of nitrogens with one attached hydrogen (secondary N) is 2. The Morgan fingerprint density at radius 2 is 1.58 bits per heavy atom. The van der Waals surface area contributed by atoms with Crippen LogP contribution in [0.25, 0.3) is 33.2 Å². The fourth-order valence-corrected chi connectivity index (χ4v) is 5.85. The molecule has 170 valence electrons. The maximum atomic E-state index is 14.2. The van der Waals surface area contributed by atoms with Crippen molar-refractivity contribution in [2.24, 2.45) is 17.8 Å². The molecule has 0 spiro atoms. The Labute approximate surface area is 187 Å². The Hall–Kier alpha value is -3.16. The summed E-state index contributed by atoms with van der Waals surface area (Å²) in [5.41, 5.74) is 0.741. The number of aromatic amines is 1. The van der Waals surface area contributed by atoms with Crippen molar-refractivity contribution >= 4 is 27.6 Å². The zero-order valence-corrected chi connectivity index (χ0v) is 17.9. The minimum absolute atomic E-state index is 0.133. The van der Waals surface area contributed by atoms with E-state index in [0.29, 0.717) is 34.5 Å². The van der Waals surface area contributed by atoms with Crippen molar-refractivity contribution in [2.45, 2.75) is 38.6 Å². The van der Waals surface area contributed by atoms with Crippen LogP contribution in [-0.4, -0.2) is 21.0 Å². The van der Waals surface area contributed by atoms with Crippen LogP contribution < -0.4 is 5.32 Å². The number of anilines is 1. The van der Waals surface area contributed by atoms with Crippen molar-refractivity contribution in [3.05, 3.63) is 53.7 Å². The van der Waals surface area contributed by atoms with Crippen molar-refractivity contribution in [3.8, 4) is 11.4 Å². The van der Waals surface area contributed by atoms with Gasteiger partial charge in [0, 0.05) is 40.7 Å². The topological polar surface area (TPSA) is 53.6 Å². The second-order valence-corrected chi connectivity index (χ2v) is 9.40. The molecular formula is C25H22F4N4. The van der Waals surface area contributed by atoms with E-state index in [2.05, 4.69) is 27.2 Å². The fourth-order valence-electron chi connectivity index (χ4n) is 5.85. The fraction of sp³-hybridized carbons (Fsp3) is 0.360. The number of aromatic nitrogens is 3. The minimum atomic E-state index is -1.01. The zero-order valence-electron chi connectivity index (χ0n) is 17.9. The quantitative estimate of drug-likeness (QED) is 0.344. The van der Waals surface area contributed by atoms with E-state index >= 15 is 0 Å². The molecule has 8 heteroatoms. The molecule has 2 heterocycles. The number of hydrogen-bond acceptors (Lipinski definition) is 3. The lowest BCUT2D eigenvalue weighted by molar-refractivity contribution is 0.0929. The van der Waals surface area contributed by atoms with Crippen LogP contribution in [0.5, 0.6) is 0 Å². The lowest BCUT2D eigenvalue weighted by Gasteiger charge is -2.47. The van der Waals surface area contributed by atoms with Gasteiger partial charge in [-0.15, -0.1) is 0 Å². The molecule has 0 saturated heterocycles. The lowest BCUT2D eigenvalue weighted by atomic mass is 9.62. The highest BCUT2D eigenvalue weighted by Crippen LogP contribution is 2.46. The van der Waals surface area contributed by atoms with E-state index in [-0.39, 0.29) is 28.3 Å². The SMILES string of the molecule is C[C@@H]1C2CCC(CC2)[C@H]1Nc1nc(-c2c[nH]c3c(F)cc(F)cc23)nc2cc(F)c(F)cc12. The van der Waals surface area contributed by atoms with Gasteiger partial charge in [0.25, 0.3) is 0 Å². The first-order valence-corrected chi connectivity index (χ1v) is 11.3. The predicted octanol–water partition coefficient (Wildman–Crippen LogP) is 6.57. The molecule has 3 saturated carbocycles. The summed E-state index contributed by atoms with van der Waals surface area (Å²) in [6, 6.07) is 4.31. The third-order valence-electron chi connectivity index (χ3n) is 7.62. The summed E-state index contributed by atoms with van der Waals surface area (Å²) in [4.78, 5) is 11.9. The first-order valence-electron chi connectivity index (χ1n) is 11.3. The predicted molar refractivity (Wildman–Crippen MR) is 119 cm³/mol. The van der Waals surface area contributed by atoms with Gasteiger partial charge in [-0.2, -0.15) is 0 Å². The molecule has 2 bridgehead atoms. The Balaban J connectivity index is 1.53. The van der Waals surface area contributed by atoms with E-state index in [1.54, 1.807) is 0 Å². The van der Waals surface area contributed by atoms with E-state index in [1.165, 1.54) is 25.1 Å². The molecule has 2 aromatic heterocycles. The van der Waals surface area contributed by atoms with E-state index in [0.717, 1.165) is 31.0 Å². The Kier molecular flexibility index (Phi) is 4.61. The molecule has 2 aromatic carbocycles. The molecule has 4 aromatic rings. The standard InChI is InChI=1S/C25H22F4N4/c1-11-12-2-4-13(5-3-12)22(11)32-24-16-8-18(27)19(28)9-21(16)31-25(33-24)17-10-30-23-15(17)6-14(26)7-20(23)29/h6-13,22,30H,2-5H2,1H3,(H,31,32,33)/t11-,12?,13?,22+/m1/s1. The monoisotopic (exact) mass is 454 g/mol. The largest absolute Gasteiger partial charge is 0.366 e. The number of H-pyrrole nitrogens is 1. The average Bonchev–Trinajstić information content (AvgIpc) is 3.21. The van der Waals surface area contributed by atoms with Gasteiger partial charge in [0.15, 0.2) is 17.5 Å². The molecular weight excluding hydrogens is 432 g/mol. The number of benzene rings is 2. The number of nitrogens with zero attached hydrogens (tertiary/aromatic N) is 2. The summed E-state index contributed by atoms with van der Waals surface area (Å²) in [6.07, 6.45) is 6.19. The van der Waals surface area contributed by atoms with Gasteiger partial charge in [0.2, 0.25) is 0 Å². The highest BCUT2D eigenvalue weighted by atomic mass is 19.2. The number of halogens is 4. The van der Waals surface area contributed by atoms with Gasteiger partial charge in [0.1, 0.15) is 17.5 Å². The zero-order chi connectivity index (χ0) is 22.9. The van der Waals surface area contributed by atoms with Crippen molar-refractivity contribution < 1.29 is 17.6 Å². The minimum Gasteiger partial charge on any atom is -0.366 e. The van der Waals surface area contributed by atoms with Crippen molar-refractivity contribution in [1.29, 1.82) is 0 Å². The summed E-state index contributed by atoms with van der Waals surface area (Å²) in [5.74, 6) is -1.31. The summed E-state index contributed by atoms with van der Waals surface area (Å²) < 4.78 is 56.4. The van der Waals surface area contributed by atoms with E-state index in [4.69, 9.17) is 0 Å². The molecule has 0 unspecified atom stereocenters. The Bertz CT molecular complexity index is 1390. The number of fused-ring (bicyclic) bond motifs is 5. The normalized spacial score (nSPS) is 24.6. The molecule has 7 rings (SSSR count). The Morgan fingerprint density at radius 3 is 2.33 bits per heavy atom. The number of rotatable bonds is 3. The van der Waals surface area contributed by atoms with Gasteiger partial charge in [-0.05, 0) is 55.6 Å². The third-order valence-corrected chi connectivity index (χ3v) is 7.62. The molecule has 4 nitrogen and oxygen atoms in total. The Morgan fingerprint density at radius 1 is 0.848 bits per heavy atom. The molecule has 2 N–H and O–H groups in total. The lowest BCUT2D eigenvalue weighted by Crippen LogP contribution is -2.47. The van der Waals surface area contributed by atoms with Crippen molar-refractivity contribution in [3.63, 3.8) is 0 Å². The van der Waals surface area contributed by atoms with Crippen LogP contribution in [0.3, 0.4) is 0 Å². The second-order valence-electron chi connectivity index (χ2n) is 9.40. The van der Waals surface area contributed by atoms with Crippen LogP contribution in [-0.2, 0) is 0 Å². The van der Waals surface area contributed by atoms with Gasteiger partial charge in [-0.1, -0.05) is 6.92 Å². The molecule has 3 aliphatic carbocycles. The van der Waals surface area contributed by atoms with E-state index in [9.17, 15) is 17.6 Å². The van der Waals surface area contributed by atoms with Crippen LogP contribution >= 0.6 is 0 Å². The molecule has 0 radical (unpaired) electrons. The van der Waals surface area contributed by atoms with Gasteiger partial charge < -0.3 is 10.3 Å². The molecule has 0 amide bonds. The molecule has 3 aliphatic rings. The first-order chi connectivity index (χ1) is 15.9. The van der Waals surface area contributed by atoms with Crippen LogP contribution in [0.15, 0.2) is 30.5 Å². The van der Waals surface area contributed by atoms with Gasteiger partial charge in [0.05, 0.1) is 11.0 Å². The van der Waals surface area contributed by atoms with Gasteiger partial charge >= 0.3 is 0 Å². The second kappa shape index (κ2) is 7.43. The smallest absolute Gasteiger partial charge is 0.164 e. The van der Waals surface area contributed by atoms with Crippen LogP contribution in [0.1, 0.15) is 32.6 Å². The van der Waals surface area contributed by atoms with Gasteiger partial charge in [-0.3, -0.25) is 0 Å². The average molecular weight is 454 g/mol. The maximum Gasteiger partial charge on any atom is 0.164 e. The van der Waals surface area contributed by atoms with E-state index in [1.807, 2.05) is 0 Å². The first kappa shape index (κ1) is 20.4. The molecule has 0 aliphatic heterocycles. The molecule has 33 heavy (non-hydrogen) atoms.